The molecule has 0 unspecified atom stereocenters. The predicted molar refractivity (Wildman–Crippen MR) is 105 cm³/mol. The summed E-state index contributed by atoms with van der Waals surface area (Å²) in [6.07, 6.45) is 2.80. The predicted octanol–water partition coefficient (Wildman–Crippen LogP) is 5.70. The van der Waals surface area contributed by atoms with Crippen molar-refractivity contribution in [1.82, 2.24) is 4.90 Å². The van der Waals surface area contributed by atoms with E-state index in [9.17, 15) is 0 Å². The van der Waals surface area contributed by atoms with Gasteiger partial charge in [-0.2, -0.15) is 0 Å². The zero-order valence-electron chi connectivity index (χ0n) is 15.3. The van der Waals surface area contributed by atoms with Crippen molar-refractivity contribution < 1.29 is 4.42 Å². The molecule has 0 amide bonds. The Morgan fingerprint density at radius 3 is 2.58 bits per heavy atom. The van der Waals surface area contributed by atoms with E-state index in [2.05, 4.69) is 63.0 Å². The number of hydrogen-bond donors (Lipinski definition) is 1. The molecule has 0 fully saturated rings. The Kier molecular flexibility index (Phi) is 6.44. The fourth-order valence-electron chi connectivity index (χ4n) is 2.61. The van der Waals surface area contributed by atoms with Gasteiger partial charge in [-0.15, -0.1) is 0 Å². The highest BCUT2D eigenvalue weighted by Crippen LogP contribution is 2.24. The molecule has 1 aromatic heterocycles. The Bertz CT molecular complexity index is 664. The van der Waals surface area contributed by atoms with Crippen LogP contribution >= 0.6 is 12.2 Å². The molecule has 1 heterocycles. The Balaban J connectivity index is 2.18. The number of furan rings is 1. The van der Waals surface area contributed by atoms with Gasteiger partial charge in [0, 0.05) is 12.2 Å². The number of hydrogen-bond acceptors (Lipinski definition) is 2. The number of rotatable bonds is 6. The van der Waals surface area contributed by atoms with Gasteiger partial charge in [-0.3, -0.25) is 0 Å². The third-order valence-corrected chi connectivity index (χ3v) is 4.60. The van der Waals surface area contributed by atoms with E-state index in [4.69, 9.17) is 16.6 Å². The molecule has 0 aliphatic rings. The van der Waals surface area contributed by atoms with Crippen LogP contribution in [0.1, 0.15) is 50.1 Å². The standard InChI is InChI=1S/C20H28N2OS/c1-14(2)10-11-22(17(5)19-7-6-12-23-19)20(24)21-18-13-15(3)8-9-16(18)4/h6-9,12-14,17H,10-11H2,1-5H3,(H,21,24)/t17-/m1/s1. The highest BCUT2D eigenvalue weighted by Gasteiger charge is 2.21. The SMILES string of the molecule is Cc1ccc(C)c(NC(=S)N(CCC(C)C)[C@H](C)c2ccco2)c1. The first-order chi connectivity index (χ1) is 11.4. The molecule has 0 saturated carbocycles. The molecule has 0 bridgehead atoms. The van der Waals surface area contributed by atoms with Crippen LogP contribution in [0.4, 0.5) is 5.69 Å². The first kappa shape index (κ1) is 18.5. The molecule has 2 aromatic rings. The second kappa shape index (κ2) is 8.34. The Labute approximate surface area is 151 Å². The lowest BCUT2D eigenvalue weighted by molar-refractivity contribution is 0.281. The maximum Gasteiger partial charge on any atom is 0.174 e. The van der Waals surface area contributed by atoms with Gasteiger partial charge in [-0.05, 0) is 74.7 Å². The van der Waals surface area contributed by atoms with Crippen LogP contribution in [0.5, 0.6) is 0 Å². The summed E-state index contributed by atoms with van der Waals surface area (Å²) in [5.41, 5.74) is 3.48. The topological polar surface area (TPSA) is 28.4 Å². The molecule has 1 atom stereocenters. The summed E-state index contributed by atoms with van der Waals surface area (Å²) in [6.45, 7) is 11.7. The van der Waals surface area contributed by atoms with E-state index in [-0.39, 0.29) is 6.04 Å². The van der Waals surface area contributed by atoms with Crippen LogP contribution in [-0.2, 0) is 0 Å². The molecule has 130 valence electrons. The van der Waals surface area contributed by atoms with Crippen molar-refractivity contribution in [3.05, 3.63) is 53.5 Å². The van der Waals surface area contributed by atoms with E-state index in [0.29, 0.717) is 5.92 Å². The minimum atomic E-state index is 0.101. The average Bonchev–Trinajstić information content (AvgIpc) is 3.05. The van der Waals surface area contributed by atoms with Gasteiger partial charge in [0.15, 0.2) is 5.11 Å². The molecule has 24 heavy (non-hydrogen) atoms. The second-order valence-corrected chi connectivity index (χ2v) is 7.20. The van der Waals surface area contributed by atoms with Crippen LogP contribution in [-0.4, -0.2) is 16.6 Å². The summed E-state index contributed by atoms with van der Waals surface area (Å²) >= 11 is 5.74. The molecular formula is C20H28N2OS. The lowest BCUT2D eigenvalue weighted by atomic mass is 10.1. The van der Waals surface area contributed by atoms with Crippen molar-refractivity contribution in [1.29, 1.82) is 0 Å². The van der Waals surface area contributed by atoms with Crippen LogP contribution in [0.15, 0.2) is 41.0 Å². The van der Waals surface area contributed by atoms with Gasteiger partial charge in [0.2, 0.25) is 0 Å². The third kappa shape index (κ3) is 4.84. The van der Waals surface area contributed by atoms with Crippen LogP contribution in [0, 0.1) is 19.8 Å². The van der Waals surface area contributed by atoms with E-state index < -0.39 is 0 Å². The zero-order valence-corrected chi connectivity index (χ0v) is 16.1. The lowest BCUT2D eigenvalue weighted by Gasteiger charge is -2.31. The van der Waals surface area contributed by atoms with E-state index >= 15 is 0 Å². The first-order valence-electron chi connectivity index (χ1n) is 8.56. The Hall–Kier alpha value is -1.81. The van der Waals surface area contributed by atoms with Crippen molar-refractivity contribution in [2.75, 3.05) is 11.9 Å². The van der Waals surface area contributed by atoms with Crippen molar-refractivity contribution >= 4 is 23.0 Å². The number of nitrogens with one attached hydrogen (secondary N) is 1. The number of nitrogens with zero attached hydrogens (tertiary/aromatic N) is 1. The van der Waals surface area contributed by atoms with Crippen LogP contribution in [0.3, 0.4) is 0 Å². The van der Waals surface area contributed by atoms with Crippen LogP contribution in [0.25, 0.3) is 0 Å². The molecule has 0 spiro atoms. The summed E-state index contributed by atoms with van der Waals surface area (Å²) < 4.78 is 5.60. The Morgan fingerprint density at radius 2 is 1.96 bits per heavy atom. The molecule has 0 radical (unpaired) electrons. The quantitative estimate of drug-likeness (QED) is 0.680. The monoisotopic (exact) mass is 344 g/mol. The van der Waals surface area contributed by atoms with Crippen molar-refractivity contribution in [2.45, 2.75) is 47.1 Å². The molecule has 0 aliphatic carbocycles. The smallest absolute Gasteiger partial charge is 0.174 e. The van der Waals surface area contributed by atoms with Gasteiger partial charge in [0.1, 0.15) is 5.76 Å². The maximum atomic E-state index is 5.74. The number of thiocarbonyl (C=S) groups is 1. The van der Waals surface area contributed by atoms with Crippen LogP contribution < -0.4 is 5.32 Å². The van der Waals surface area contributed by atoms with E-state index in [1.165, 1.54) is 11.1 Å². The van der Waals surface area contributed by atoms with Gasteiger partial charge < -0.3 is 14.6 Å². The number of anilines is 1. The van der Waals surface area contributed by atoms with E-state index in [0.717, 1.165) is 29.5 Å². The molecule has 3 nitrogen and oxygen atoms in total. The molecule has 4 heteroatoms. The molecule has 1 N–H and O–H groups in total. The van der Waals surface area contributed by atoms with Crippen molar-refractivity contribution in [3.63, 3.8) is 0 Å². The van der Waals surface area contributed by atoms with Gasteiger partial charge in [-0.1, -0.05) is 26.0 Å². The first-order valence-corrected chi connectivity index (χ1v) is 8.97. The number of benzene rings is 1. The average molecular weight is 345 g/mol. The molecule has 1 aromatic carbocycles. The minimum absolute atomic E-state index is 0.101. The van der Waals surface area contributed by atoms with Crippen LogP contribution in [0.2, 0.25) is 0 Å². The third-order valence-electron chi connectivity index (χ3n) is 4.27. The summed E-state index contributed by atoms with van der Waals surface area (Å²) in [7, 11) is 0. The summed E-state index contributed by atoms with van der Waals surface area (Å²) in [6, 6.07) is 10.4. The van der Waals surface area contributed by atoms with Gasteiger partial charge in [-0.25, -0.2) is 0 Å². The van der Waals surface area contributed by atoms with E-state index in [1.807, 2.05) is 12.1 Å². The maximum absolute atomic E-state index is 5.74. The van der Waals surface area contributed by atoms with Crippen molar-refractivity contribution in [2.24, 2.45) is 5.92 Å². The number of aryl methyl sites for hydroxylation is 2. The Morgan fingerprint density at radius 1 is 1.21 bits per heavy atom. The normalized spacial score (nSPS) is 12.2. The second-order valence-electron chi connectivity index (χ2n) is 6.82. The summed E-state index contributed by atoms with van der Waals surface area (Å²) in [4.78, 5) is 2.22. The summed E-state index contributed by atoms with van der Waals surface area (Å²) in [5, 5.41) is 4.18. The fraction of sp³-hybridized carbons (Fsp3) is 0.450. The molecule has 2 rings (SSSR count). The fourth-order valence-corrected chi connectivity index (χ4v) is 2.97. The molecule has 0 aliphatic heterocycles. The minimum Gasteiger partial charge on any atom is -0.467 e. The van der Waals surface area contributed by atoms with Crippen molar-refractivity contribution in [3.8, 4) is 0 Å². The molecule has 0 saturated heterocycles. The lowest BCUT2D eigenvalue weighted by Crippen LogP contribution is -2.38. The van der Waals surface area contributed by atoms with Gasteiger partial charge in [0.05, 0.1) is 12.3 Å². The highest BCUT2D eigenvalue weighted by molar-refractivity contribution is 7.80. The highest BCUT2D eigenvalue weighted by atomic mass is 32.1. The van der Waals surface area contributed by atoms with Gasteiger partial charge in [0.25, 0.3) is 0 Å². The largest absolute Gasteiger partial charge is 0.467 e. The van der Waals surface area contributed by atoms with Gasteiger partial charge >= 0.3 is 0 Å². The molecular weight excluding hydrogens is 316 g/mol. The zero-order chi connectivity index (χ0) is 17.7. The summed E-state index contributed by atoms with van der Waals surface area (Å²) in [5.74, 6) is 1.56. The van der Waals surface area contributed by atoms with E-state index in [1.54, 1.807) is 6.26 Å².